The first kappa shape index (κ1) is 15.2. The maximum Gasteiger partial charge on any atom is 0.0718 e. The highest BCUT2D eigenvalue weighted by molar-refractivity contribution is 9.10. The van der Waals surface area contributed by atoms with Gasteiger partial charge in [-0.15, -0.1) is 0 Å². The lowest BCUT2D eigenvalue weighted by Crippen LogP contribution is -2.21. The average Bonchev–Trinajstić information content (AvgIpc) is 2.39. The van der Waals surface area contributed by atoms with Crippen LogP contribution in [0.15, 0.2) is 34.9 Å². The second-order valence-corrected chi connectivity index (χ2v) is 6.15. The van der Waals surface area contributed by atoms with Crippen molar-refractivity contribution >= 4 is 15.9 Å². The smallest absolute Gasteiger partial charge is 0.0718 e. The number of halogens is 1. The van der Waals surface area contributed by atoms with Gasteiger partial charge in [0.25, 0.3) is 0 Å². The zero-order valence-electron chi connectivity index (χ0n) is 12.5. The first-order valence-corrected chi connectivity index (χ1v) is 7.66. The van der Waals surface area contributed by atoms with Gasteiger partial charge in [-0.05, 0) is 79.0 Å². The Morgan fingerprint density at radius 2 is 1.85 bits per heavy atom. The molecule has 2 nitrogen and oxygen atoms in total. The number of rotatable bonds is 4. The van der Waals surface area contributed by atoms with Crippen molar-refractivity contribution in [3.05, 3.63) is 62.9 Å². The molecule has 1 aromatic carbocycles. The van der Waals surface area contributed by atoms with Crippen LogP contribution in [0.4, 0.5) is 0 Å². The Kier molecular flexibility index (Phi) is 4.95. The quantitative estimate of drug-likeness (QED) is 0.904. The number of aromatic nitrogens is 1. The van der Waals surface area contributed by atoms with Crippen LogP contribution in [-0.4, -0.2) is 12.0 Å². The highest BCUT2D eigenvalue weighted by atomic mass is 79.9. The van der Waals surface area contributed by atoms with Crippen molar-refractivity contribution in [2.24, 2.45) is 0 Å². The summed E-state index contributed by atoms with van der Waals surface area (Å²) in [5.74, 6) is 0. The van der Waals surface area contributed by atoms with Crippen molar-refractivity contribution in [2.75, 3.05) is 7.05 Å². The van der Waals surface area contributed by atoms with E-state index >= 15 is 0 Å². The predicted octanol–water partition coefficient (Wildman–Crippen LogP) is 4.27. The number of hydrogen-bond acceptors (Lipinski definition) is 2. The predicted molar refractivity (Wildman–Crippen MR) is 88.1 cm³/mol. The summed E-state index contributed by atoms with van der Waals surface area (Å²) in [5.41, 5.74) is 6.51. The van der Waals surface area contributed by atoms with Crippen LogP contribution in [-0.2, 0) is 6.42 Å². The molecule has 0 bridgehead atoms. The largest absolute Gasteiger partial charge is 0.311 e. The van der Waals surface area contributed by atoms with Crippen molar-refractivity contribution in [3.63, 3.8) is 0 Å². The molecule has 0 aliphatic rings. The zero-order chi connectivity index (χ0) is 14.7. The van der Waals surface area contributed by atoms with Crippen molar-refractivity contribution in [1.29, 1.82) is 0 Å². The summed E-state index contributed by atoms with van der Waals surface area (Å²) >= 11 is 3.60. The van der Waals surface area contributed by atoms with Gasteiger partial charge >= 0.3 is 0 Å². The van der Waals surface area contributed by atoms with Gasteiger partial charge in [-0.25, -0.2) is 0 Å². The number of benzene rings is 1. The van der Waals surface area contributed by atoms with Gasteiger partial charge in [-0.2, -0.15) is 0 Å². The molecule has 0 aliphatic carbocycles. The van der Waals surface area contributed by atoms with Crippen LogP contribution in [0, 0.1) is 20.8 Å². The molecule has 0 saturated carbocycles. The molecule has 1 aromatic heterocycles. The van der Waals surface area contributed by atoms with E-state index in [1.54, 1.807) is 0 Å². The topological polar surface area (TPSA) is 24.9 Å². The molecule has 1 unspecified atom stereocenters. The Morgan fingerprint density at radius 1 is 1.20 bits per heavy atom. The number of nitrogens with zero attached hydrogens (tertiary/aromatic N) is 1. The lowest BCUT2D eigenvalue weighted by molar-refractivity contribution is 0.570. The number of nitrogens with one attached hydrogen (secondary N) is 1. The van der Waals surface area contributed by atoms with E-state index in [1.807, 2.05) is 25.4 Å². The minimum Gasteiger partial charge on any atom is -0.311 e. The Balaban J connectivity index is 2.35. The van der Waals surface area contributed by atoms with E-state index < -0.39 is 0 Å². The van der Waals surface area contributed by atoms with Gasteiger partial charge in [0.05, 0.1) is 11.7 Å². The molecule has 0 spiro atoms. The average molecular weight is 333 g/mol. The minimum absolute atomic E-state index is 0.214. The summed E-state index contributed by atoms with van der Waals surface area (Å²) in [5, 5.41) is 3.38. The molecule has 0 amide bonds. The molecular weight excluding hydrogens is 312 g/mol. The molecule has 0 aliphatic heterocycles. The first-order chi connectivity index (χ1) is 9.52. The highest BCUT2D eigenvalue weighted by Crippen LogP contribution is 2.26. The number of aryl methyl sites for hydroxylation is 3. The second kappa shape index (κ2) is 6.51. The van der Waals surface area contributed by atoms with Crippen LogP contribution in [0.5, 0.6) is 0 Å². The Labute approximate surface area is 129 Å². The Hall–Kier alpha value is -1.19. The molecule has 0 saturated heterocycles. The van der Waals surface area contributed by atoms with Crippen LogP contribution in [0.2, 0.25) is 0 Å². The fourth-order valence-electron chi connectivity index (χ4n) is 2.73. The van der Waals surface area contributed by atoms with Gasteiger partial charge in [0.1, 0.15) is 0 Å². The molecule has 20 heavy (non-hydrogen) atoms. The van der Waals surface area contributed by atoms with Gasteiger partial charge in [-0.1, -0.05) is 17.7 Å². The third kappa shape index (κ3) is 3.28. The van der Waals surface area contributed by atoms with E-state index in [0.29, 0.717) is 0 Å². The highest BCUT2D eigenvalue weighted by Gasteiger charge is 2.16. The molecule has 2 rings (SSSR count). The van der Waals surface area contributed by atoms with Crippen LogP contribution in [0.25, 0.3) is 0 Å². The van der Waals surface area contributed by atoms with Gasteiger partial charge < -0.3 is 5.32 Å². The molecule has 1 heterocycles. The maximum absolute atomic E-state index is 4.51. The number of pyridine rings is 1. The fraction of sp³-hybridized carbons (Fsp3) is 0.353. The lowest BCUT2D eigenvalue weighted by atomic mass is 9.93. The van der Waals surface area contributed by atoms with E-state index in [1.165, 1.54) is 22.3 Å². The van der Waals surface area contributed by atoms with Gasteiger partial charge in [0, 0.05) is 10.7 Å². The van der Waals surface area contributed by atoms with Crippen molar-refractivity contribution in [1.82, 2.24) is 10.3 Å². The lowest BCUT2D eigenvalue weighted by Gasteiger charge is -2.20. The van der Waals surface area contributed by atoms with Crippen molar-refractivity contribution in [2.45, 2.75) is 33.2 Å². The van der Waals surface area contributed by atoms with Crippen LogP contribution in [0.3, 0.4) is 0 Å². The number of hydrogen-bond donors (Lipinski definition) is 1. The zero-order valence-corrected chi connectivity index (χ0v) is 14.1. The third-order valence-corrected chi connectivity index (χ3v) is 4.38. The van der Waals surface area contributed by atoms with E-state index in [4.69, 9.17) is 0 Å². The van der Waals surface area contributed by atoms with Crippen molar-refractivity contribution < 1.29 is 0 Å². The molecule has 1 atom stereocenters. The third-order valence-electron chi connectivity index (χ3n) is 3.71. The monoisotopic (exact) mass is 332 g/mol. The van der Waals surface area contributed by atoms with Gasteiger partial charge in [0.15, 0.2) is 0 Å². The molecule has 106 valence electrons. The van der Waals surface area contributed by atoms with E-state index in [2.05, 4.69) is 59.1 Å². The number of likely N-dealkylation sites (N-methyl/N-ethyl adjacent to an activating group) is 1. The normalized spacial score (nSPS) is 12.4. The SMILES string of the molecule is CNC(Cc1c(C)cc(C)cc1C)c1ncccc1Br. The van der Waals surface area contributed by atoms with E-state index in [9.17, 15) is 0 Å². The second-order valence-electron chi connectivity index (χ2n) is 5.29. The van der Waals surface area contributed by atoms with E-state index in [0.717, 1.165) is 16.6 Å². The molecule has 0 fully saturated rings. The summed E-state index contributed by atoms with van der Waals surface area (Å²) in [6.45, 7) is 6.53. The first-order valence-electron chi connectivity index (χ1n) is 6.87. The van der Waals surface area contributed by atoms with Gasteiger partial charge in [-0.3, -0.25) is 4.98 Å². The van der Waals surface area contributed by atoms with Gasteiger partial charge in [0.2, 0.25) is 0 Å². The summed E-state index contributed by atoms with van der Waals surface area (Å²) in [7, 11) is 1.99. The summed E-state index contributed by atoms with van der Waals surface area (Å²) < 4.78 is 1.06. The maximum atomic E-state index is 4.51. The summed E-state index contributed by atoms with van der Waals surface area (Å²) in [6, 6.07) is 8.71. The summed E-state index contributed by atoms with van der Waals surface area (Å²) in [4.78, 5) is 4.51. The molecular formula is C17H21BrN2. The fourth-order valence-corrected chi connectivity index (χ4v) is 3.26. The summed E-state index contributed by atoms with van der Waals surface area (Å²) in [6.07, 6.45) is 2.79. The molecule has 1 N–H and O–H groups in total. The van der Waals surface area contributed by atoms with Crippen LogP contribution in [0.1, 0.15) is 34.0 Å². The Bertz CT molecular complexity index is 585. The van der Waals surface area contributed by atoms with E-state index in [-0.39, 0.29) is 6.04 Å². The minimum atomic E-state index is 0.214. The standard InChI is InChI=1S/C17H21BrN2/c1-11-8-12(2)14(13(3)9-11)10-16(19-4)17-15(18)6-5-7-20-17/h5-9,16,19H,10H2,1-4H3. The van der Waals surface area contributed by atoms with Crippen LogP contribution < -0.4 is 5.32 Å². The molecule has 3 heteroatoms. The molecule has 0 radical (unpaired) electrons. The van der Waals surface area contributed by atoms with Crippen LogP contribution >= 0.6 is 15.9 Å². The molecule has 2 aromatic rings. The van der Waals surface area contributed by atoms with Crippen molar-refractivity contribution in [3.8, 4) is 0 Å². The Morgan fingerprint density at radius 3 is 2.40 bits per heavy atom.